The van der Waals surface area contributed by atoms with Gasteiger partial charge in [-0.15, -0.1) is 45.4 Å². The first-order chi connectivity index (χ1) is 4.92. The first-order valence-corrected chi connectivity index (χ1v) is 10.3. The normalized spacial score (nSPS) is 12.5. The molecule has 0 nitrogen and oxygen atoms in total. The Bertz CT molecular complexity index is 101. The Kier molecular flexibility index (Phi) is 6.99. The van der Waals surface area contributed by atoms with Gasteiger partial charge in [0.2, 0.25) is 6.69 Å². The molecule has 0 N–H and O–H groups in total. The molecular formula is C5H10Cl4Si2. The zero-order valence-electron chi connectivity index (χ0n) is 6.21. The van der Waals surface area contributed by atoms with Crippen LogP contribution in [0.15, 0.2) is 0 Å². The van der Waals surface area contributed by atoms with Gasteiger partial charge in [0.05, 0.1) is 0 Å². The van der Waals surface area contributed by atoms with E-state index in [0.29, 0.717) is 0 Å². The van der Waals surface area contributed by atoms with Crippen molar-refractivity contribution in [2.24, 2.45) is 0 Å². The molecule has 0 bridgehead atoms. The Hall–Kier alpha value is 1.59. The Labute approximate surface area is 90.8 Å². The second-order valence-electron chi connectivity index (χ2n) is 2.42. The summed E-state index contributed by atoms with van der Waals surface area (Å²) in [6, 6.07) is 2.86. The minimum Gasteiger partial charge on any atom is -0.146 e. The lowest BCUT2D eigenvalue weighted by Gasteiger charge is -2.08. The molecule has 11 heavy (non-hydrogen) atoms. The summed E-state index contributed by atoms with van der Waals surface area (Å²) >= 11 is 22.9. The van der Waals surface area contributed by atoms with Crippen LogP contribution in [0.3, 0.4) is 0 Å². The molecule has 6 heteroatoms. The van der Waals surface area contributed by atoms with E-state index < -0.39 is 6.69 Å². The molecule has 0 aromatic rings. The largest absolute Gasteiger partial charge is 0.248 e. The molecule has 0 atom stereocenters. The van der Waals surface area contributed by atoms with Crippen LogP contribution in [0.25, 0.3) is 0 Å². The highest BCUT2D eigenvalue weighted by molar-refractivity contribution is 7.45. The molecule has 0 aliphatic rings. The smallest absolute Gasteiger partial charge is 0.146 e. The topological polar surface area (TPSA) is 0 Å². The molecule has 0 rings (SSSR count). The predicted molar refractivity (Wildman–Crippen MR) is 59.0 cm³/mol. The molecule has 0 spiro atoms. The van der Waals surface area contributed by atoms with E-state index in [2.05, 4.69) is 0 Å². The van der Waals surface area contributed by atoms with Crippen molar-refractivity contribution >= 4 is 61.6 Å². The standard InChI is InChI=1S/C5H10Cl4Si2/c1-11(8,9)3-2-10-4-5(6)7/h5H,2-4H2,1H3. The monoisotopic (exact) mass is 266 g/mol. The highest BCUT2D eigenvalue weighted by Gasteiger charge is 2.19. The van der Waals surface area contributed by atoms with Crippen LogP contribution in [-0.2, 0) is 0 Å². The van der Waals surface area contributed by atoms with Crippen LogP contribution in [-0.4, -0.2) is 21.0 Å². The summed E-state index contributed by atoms with van der Waals surface area (Å²) in [5.41, 5.74) is 0. The first kappa shape index (κ1) is 12.6. The maximum absolute atomic E-state index is 5.89. The van der Waals surface area contributed by atoms with E-state index in [1.807, 2.05) is 6.55 Å². The van der Waals surface area contributed by atoms with Crippen molar-refractivity contribution in [1.82, 2.24) is 0 Å². The summed E-state index contributed by atoms with van der Waals surface area (Å²) in [5, 5.41) is 0. The summed E-state index contributed by atoms with van der Waals surface area (Å²) in [6.45, 7) is 0.0660. The average molecular weight is 268 g/mol. The quantitative estimate of drug-likeness (QED) is 0.307. The average Bonchev–Trinajstić information content (AvgIpc) is 1.78. The van der Waals surface area contributed by atoms with Crippen molar-refractivity contribution in [3.63, 3.8) is 0 Å². The molecule has 0 heterocycles. The highest BCUT2D eigenvalue weighted by atomic mass is 35.7. The van der Waals surface area contributed by atoms with E-state index >= 15 is 0 Å². The molecule has 0 aromatic heterocycles. The minimum absolute atomic E-state index is 0.230. The van der Waals surface area contributed by atoms with Gasteiger partial charge in [-0.25, -0.2) is 0 Å². The number of hydrogen-bond donors (Lipinski definition) is 0. The van der Waals surface area contributed by atoms with Gasteiger partial charge in [0.1, 0.15) is 4.84 Å². The molecular weight excluding hydrogens is 258 g/mol. The SMILES string of the molecule is C[Si](Cl)(Cl)CC[Si]CC(Cl)Cl. The maximum Gasteiger partial charge on any atom is 0.248 e. The van der Waals surface area contributed by atoms with Crippen molar-refractivity contribution in [3.8, 4) is 0 Å². The van der Waals surface area contributed by atoms with E-state index in [4.69, 9.17) is 45.4 Å². The fourth-order valence-corrected chi connectivity index (χ4v) is 5.76. The molecule has 0 saturated heterocycles. The zero-order chi connectivity index (χ0) is 8.91. The molecule has 0 aliphatic carbocycles. The second-order valence-corrected chi connectivity index (χ2v) is 13.3. The third-order valence-electron chi connectivity index (χ3n) is 1.04. The number of hydrogen-bond acceptors (Lipinski definition) is 0. The van der Waals surface area contributed by atoms with Gasteiger partial charge in [-0.1, -0.05) is 6.04 Å². The molecule has 0 unspecified atom stereocenters. The van der Waals surface area contributed by atoms with Crippen molar-refractivity contribution in [2.75, 3.05) is 0 Å². The summed E-state index contributed by atoms with van der Waals surface area (Å²) < 4.78 is 0. The molecule has 0 aromatic carbocycles. The molecule has 66 valence electrons. The minimum atomic E-state index is -1.86. The first-order valence-electron chi connectivity index (χ1n) is 3.28. The fraction of sp³-hybridized carbons (Fsp3) is 1.00. The highest BCUT2D eigenvalue weighted by Crippen LogP contribution is 2.22. The molecule has 2 radical (unpaired) electrons. The summed E-state index contributed by atoms with van der Waals surface area (Å²) in [6.07, 6.45) is 0. The summed E-state index contributed by atoms with van der Waals surface area (Å²) in [7, 11) is 0.788. The van der Waals surface area contributed by atoms with Gasteiger partial charge in [-0.2, -0.15) is 0 Å². The van der Waals surface area contributed by atoms with Crippen molar-refractivity contribution in [1.29, 1.82) is 0 Å². The second kappa shape index (κ2) is 6.11. The van der Waals surface area contributed by atoms with Crippen LogP contribution >= 0.6 is 45.4 Å². The lowest BCUT2D eigenvalue weighted by Crippen LogP contribution is -2.13. The van der Waals surface area contributed by atoms with Gasteiger partial charge in [0.25, 0.3) is 0 Å². The van der Waals surface area contributed by atoms with Gasteiger partial charge in [-0.3, -0.25) is 0 Å². The van der Waals surface area contributed by atoms with Crippen molar-refractivity contribution in [3.05, 3.63) is 0 Å². The Balaban J connectivity index is 3.15. The Morgan fingerprint density at radius 2 is 1.91 bits per heavy atom. The fourth-order valence-electron chi connectivity index (χ4n) is 0.519. The van der Waals surface area contributed by atoms with Crippen LogP contribution < -0.4 is 0 Å². The molecule has 0 aliphatic heterocycles. The number of alkyl halides is 2. The van der Waals surface area contributed by atoms with E-state index in [9.17, 15) is 0 Å². The van der Waals surface area contributed by atoms with Crippen molar-refractivity contribution in [2.45, 2.75) is 29.5 Å². The van der Waals surface area contributed by atoms with Crippen LogP contribution in [0, 0.1) is 0 Å². The predicted octanol–water partition coefficient (Wildman–Crippen LogP) is 3.88. The van der Waals surface area contributed by atoms with Gasteiger partial charge in [-0.05, 0) is 18.6 Å². The van der Waals surface area contributed by atoms with Gasteiger partial charge in [0.15, 0.2) is 0 Å². The maximum atomic E-state index is 5.89. The lowest BCUT2D eigenvalue weighted by molar-refractivity contribution is 1.29. The molecule has 0 saturated carbocycles. The Morgan fingerprint density at radius 3 is 2.27 bits per heavy atom. The van der Waals surface area contributed by atoms with Gasteiger partial charge < -0.3 is 0 Å². The molecule has 0 amide bonds. The van der Waals surface area contributed by atoms with Gasteiger partial charge in [0, 0.05) is 9.52 Å². The Morgan fingerprint density at radius 1 is 1.36 bits per heavy atom. The van der Waals surface area contributed by atoms with E-state index in [-0.39, 0.29) is 4.84 Å². The molecule has 0 fully saturated rings. The van der Waals surface area contributed by atoms with Crippen molar-refractivity contribution < 1.29 is 0 Å². The zero-order valence-corrected chi connectivity index (χ0v) is 11.2. The van der Waals surface area contributed by atoms with E-state index in [0.717, 1.165) is 27.7 Å². The summed E-state index contributed by atoms with van der Waals surface area (Å²) in [5.74, 6) is 0. The van der Waals surface area contributed by atoms with Crippen LogP contribution in [0.1, 0.15) is 0 Å². The number of halogens is 4. The third kappa shape index (κ3) is 11.6. The van der Waals surface area contributed by atoms with E-state index in [1.165, 1.54) is 0 Å². The number of rotatable bonds is 5. The lowest BCUT2D eigenvalue weighted by atomic mass is 10.9. The van der Waals surface area contributed by atoms with Crippen LogP contribution in [0.2, 0.25) is 24.7 Å². The van der Waals surface area contributed by atoms with Gasteiger partial charge >= 0.3 is 0 Å². The third-order valence-corrected chi connectivity index (χ3v) is 5.93. The van der Waals surface area contributed by atoms with Crippen LogP contribution in [0.5, 0.6) is 0 Å². The van der Waals surface area contributed by atoms with Crippen LogP contribution in [0.4, 0.5) is 0 Å². The summed E-state index contributed by atoms with van der Waals surface area (Å²) in [4.78, 5) is -0.230. The van der Waals surface area contributed by atoms with E-state index in [1.54, 1.807) is 0 Å².